The third-order valence-corrected chi connectivity index (χ3v) is 5.38. The molecule has 0 radical (unpaired) electrons. The number of amides is 1. The van der Waals surface area contributed by atoms with Gasteiger partial charge in [0.25, 0.3) is 0 Å². The van der Waals surface area contributed by atoms with Crippen LogP contribution < -0.4 is 11.1 Å². The molecule has 1 amide bonds. The maximum atomic E-state index is 12.4. The number of nitrogens with two attached hydrogens (primary N) is 1. The zero-order valence-electron chi connectivity index (χ0n) is 13.7. The van der Waals surface area contributed by atoms with Crippen LogP contribution in [0.4, 0.5) is 0 Å². The van der Waals surface area contributed by atoms with Gasteiger partial charge in [0, 0.05) is 18.1 Å². The second-order valence-corrected chi connectivity index (χ2v) is 6.96. The lowest BCUT2D eigenvalue weighted by atomic mass is 9.94. The van der Waals surface area contributed by atoms with Gasteiger partial charge < -0.3 is 11.1 Å². The quantitative estimate of drug-likeness (QED) is 0.758. The lowest BCUT2D eigenvalue weighted by molar-refractivity contribution is -0.124. The molecule has 3 N–H and O–H groups in total. The molecule has 0 atom stereocenters. The van der Waals surface area contributed by atoms with E-state index in [1.165, 1.54) is 32.1 Å². The minimum Gasteiger partial charge on any atom is -0.352 e. The second-order valence-electron chi connectivity index (χ2n) is 6.96. The Bertz CT molecular complexity index is 320. The molecule has 2 aliphatic rings. The van der Waals surface area contributed by atoms with E-state index in [0.29, 0.717) is 19.1 Å². The lowest BCUT2D eigenvalue weighted by Crippen LogP contribution is -2.56. The van der Waals surface area contributed by atoms with Gasteiger partial charge in [-0.05, 0) is 38.6 Å². The van der Waals surface area contributed by atoms with E-state index in [1.54, 1.807) is 0 Å². The Morgan fingerprint density at radius 2 is 1.86 bits per heavy atom. The Balaban J connectivity index is 1.90. The van der Waals surface area contributed by atoms with E-state index in [1.807, 2.05) is 0 Å². The van der Waals surface area contributed by atoms with Crippen molar-refractivity contribution in [2.75, 3.05) is 19.6 Å². The van der Waals surface area contributed by atoms with Crippen molar-refractivity contribution in [2.24, 2.45) is 5.73 Å². The first kappa shape index (κ1) is 16.8. The first-order valence-corrected chi connectivity index (χ1v) is 8.94. The monoisotopic (exact) mass is 295 g/mol. The fourth-order valence-corrected chi connectivity index (χ4v) is 4.13. The molecule has 0 aromatic rings. The molecule has 0 heterocycles. The zero-order valence-corrected chi connectivity index (χ0v) is 13.7. The zero-order chi connectivity index (χ0) is 15.1. The maximum Gasteiger partial charge on any atom is 0.234 e. The van der Waals surface area contributed by atoms with Crippen LogP contribution in [-0.4, -0.2) is 42.0 Å². The molecule has 0 aromatic heterocycles. The SMILES string of the molecule is CCCN(CC(=O)NC1CCCCC1)C1(CN)CCCC1. The molecule has 4 heteroatoms. The lowest BCUT2D eigenvalue weighted by Gasteiger charge is -2.40. The van der Waals surface area contributed by atoms with Crippen molar-refractivity contribution in [1.29, 1.82) is 0 Å². The molecule has 4 nitrogen and oxygen atoms in total. The van der Waals surface area contributed by atoms with E-state index >= 15 is 0 Å². The summed E-state index contributed by atoms with van der Waals surface area (Å²) in [6, 6.07) is 0.409. The van der Waals surface area contributed by atoms with Crippen molar-refractivity contribution in [1.82, 2.24) is 10.2 Å². The topological polar surface area (TPSA) is 58.4 Å². The van der Waals surface area contributed by atoms with Crippen LogP contribution in [0.2, 0.25) is 0 Å². The standard InChI is InChI=1S/C17H33N3O/c1-2-12-20(17(14-18)10-6-7-11-17)13-16(21)19-15-8-4-3-5-9-15/h15H,2-14,18H2,1H3,(H,19,21). The molecule has 0 bridgehead atoms. The van der Waals surface area contributed by atoms with Gasteiger partial charge in [0.1, 0.15) is 0 Å². The summed E-state index contributed by atoms with van der Waals surface area (Å²) in [5.41, 5.74) is 6.17. The molecule has 0 unspecified atom stereocenters. The van der Waals surface area contributed by atoms with Gasteiger partial charge in [0.05, 0.1) is 6.54 Å². The Hall–Kier alpha value is -0.610. The molecule has 0 aromatic carbocycles. The van der Waals surface area contributed by atoms with Crippen molar-refractivity contribution in [2.45, 2.75) is 82.7 Å². The molecular formula is C17H33N3O. The van der Waals surface area contributed by atoms with Gasteiger partial charge in [-0.1, -0.05) is 39.0 Å². The number of carbonyl (C=O) groups excluding carboxylic acids is 1. The average molecular weight is 295 g/mol. The summed E-state index contributed by atoms with van der Waals surface area (Å²) in [6.07, 6.45) is 12.0. The molecular weight excluding hydrogens is 262 g/mol. The van der Waals surface area contributed by atoms with Crippen molar-refractivity contribution in [3.63, 3.8) is 0 Å². The van der Waals surface area contributed by atoms with E-state index in [4.69, 9.17) is 5.73 Å². The minimum absolute atomic E-state index is 0.0832. The van der Waals surface area contributed by atoms with Gasteiger partial charge >= 0.3 is 0 Å². The third kappa shape index (κ3) is 4.43. The van der Waals surface area contributed by atoms with Gasteiger partial charge in [-0.3, -0.25) is 9.69 Å². The highest BCUT2D eigenvalue weighted by Gasteiger charge is 2.38. The molecule has 0 aliphatic heterocycles. The van der Waals surface area contributed by atoms with Crippen LogP contribution in [0.5, 0.6) is 0 Å². The van der Waals surface area contributed by atoms with E-state index < -0.39 is 0 Å². The molecule has 2 fully saturated rings. The van der Waals surface area contributed by atoms with Gasteiger partial charge in [-0.2, -0.15) is 0 Å². The van der Waals surface area contributed by atoms with Crippen molar-refractivity contribution in [3.8, 4) is 0 Å². The predicted octanol–water partition coefficient (Wildman–Crippen LogP) is 2.42. The number of nitrogens with zero attached hydrogens (tertiary/aromatic N) is 1. The van der Waals surface area contributed by atoms with Crippen molar-refractivity contribution >= 4 is 5.91 Å². The van der Waals surface area contributed by atoms with Gasteiger partial charge in [-0.25, -0.2) is 0 Å². The predicted molar refractivity (Wildman–Crippen MR) is 87.1 cm³/mol. The van der Waals surface area contributed by atoms with Crippen LogP contribution in [0, 0.1) is 0 Å². The second kappa shape index (κ2) is 8.14. The van der Waals surface area contributed by atoms with Crippen LogP contribution in [0.15, 0.2) is 0 Å². The summed E-state index contributed by atoms with van der Waals surface area (Å²) in [5, 5.41) is 3.25. The molecule has 2 saturated carbocycles. The first-order valence-electron chi connectivity index (χ1n) is 8.94. The highest BCUT2D eigenvalue weighted by atomic mass is 16.2. The molecule has 122 valence electrons. The van der Waals surface area contributed by atoms with Gasteiger partial charge in [0.15, 0.2) is 0 Å². The Morgan fingerprint density at radius 1 is 1.19 bits per heavy atom. The summed E-state index contributed by atoms with van der Waals surface area (Å²) < 4.78 is 0. The first-order chi connectivity index (χ1) is 10.2. The van der Waals surface area contributed by atoms with Crippen molar-refractivity contribution in [3.05, 3.63) is 0 Å². The molecule has 0 saturated heterocycles. The summed E-state index contributed by atoms with van der Waals surface area (Å²) in [6.45, 7) is 4.38. The van der Waals surface area contributed by atoms with Crippen LogP contribution >= 0.6 is 0 Å². The van der Waals surface area contributed by atoms with E-state index in [0.717, 1.165) is 38.6 Å². The third-order valence-electron chi connectivity index (χ3n) is 5.38. The van der Waals surface area contributed by atoms with Crippen LogP contribution in [0.1, 0.15) is 71.1 Å². The van der Waals surface area contributed by atoms with Gasteiger partial charge in [-0.15, -0.1) is 0 Å². The number of carbonyl (C=O) groups is 1. The number of hydrogen-bond acceptors (Lipinski definition) is 3. The molecule has 2 aliphatic carbocycles. The van der Waals surface area contributed by atoms with E-state index in [9.17, 15) is 4.79 Å². The normalized spacial score (nSPS) is 22.6. The summed E-state index contributed by atoms with van der Waals surface area (Å²) in [4.78, 5) is 14.8. The average Bonchev–Trinajstić information content (AvgIpc) is 2.98. The molecule has 2 rings (SSSR count). The summed E-state index contributed by atoms with van der Waals surface area (Å²) in [7, 11) is 0. The number of rotatable bonds is 7. The van der Waals surface area contributed by atoms with Crippen LogP contribution in [-0.2, 0) is 4.79 Å². The Kier molecular flexibility index (Phi) is 6.49. The minimum atomic E-state index is 0.0832. The molecule has 21 heavy (non-hydrogen) atoms. The van der Waals surface area contributed by atoms with Crippen LogP contribution in [0.3, 0.4) is 0 Å². The highest BCUT2D eigenvalue weighted by molar-refractivity contribution is 5.78. The molecule has 0 spiro atoms. The summed E-state index contributed by atoms with van der Waals surface area (Å²) in [5.74, 6) is 0.204. The number of nitrogens with one attached hydrogen (secondary N) is 1. The number of hydrogen-bond donors (Lipinski definition) is 2. The Morgan fingerprint density at radius 3 is 2.43 bits per heavy atom. The fourth-order valence-electron chi connectivity index (χ4n) is 4.13. The van der Waals surface area contributed by atoms with Crippen LogP contribution in [0.25, 0.3) is 0 Å². The van der Waals surface area contributed by atoms with Crippen molar-refractivity contribution < 1.29 is 4.79 Å². The fraction of sp³-hybridized carbons (Fsp3) is 0.941. The smallest absolute Gasteiger partial charge is 0.234 e. The summed E-state index contributed by atoms with van der Waals surface area (Å²) >= 11 is 0. The van der Waals surface area contributed by atoms with E-state index in [-0.39, 0.29) is 11.4 Å². The highest BCUT2D eigenvalue weighted by Crippen LogP contribution is 2.34. The maximum absolute atomic E-state index is 12.4. The van der Waals surface area contributed by atoms with E-state index in [2.05, 4.69) is 17.1 Å². The van der Waals surface area contributed by atoms with Gasteiger partial charge in [0.2, 0.25) is 5.91 Å². The Labute approximate surface area is 129 Å². The largest absolute Gasteiger partial charge is 0.352 e.